The Balaban J connectivity index is 1.35. The number of aromatic nitrogens is 2. The lowest BCUT2D eigenvalue weighted by atomic mass is 9.96. The second kappa shape index (κ2) is 12.5. The van der Waals surface area contributed by atoms with Gasteiger partial charge in [0.1, 0.15) is 18.4 Å². The summed E-state index contributed by atoms with van der Waals surface area (Å²) in [5.74, 6) is 0.240. The lowest BCUT2D eigenvalue weighted by Gasteiger charge is -2.36. The van der Waals surface area contributed by atoms with E-state index in [4.69, 9.17) is 44.5 Å². The highest BCUT2D eigenvalue weighted by atomic mass is 35.5. The molecule has 1 unspecified atom stereocenters. The van der Waals surface area contributed by atoms with Crippen LogP contribution in [0, 0.1) is 0 Å². The van der Waals surface area contributed by atoms with E-state index < -0.39 is 17.8 Å². The van der Waals surface area contributed by atoms with Crippen LogP contribution in [0.1, 0.15) is 5.76 Å². The number of thiazole rings is 1. The van der Waals surface area contributed by atoms with Crippen LogP contribution in [0.15, 0.2) is 59.1 Å². The third-order valence-corrected chi connectivity index (χ3v) is 7.79. The van der Waals surface area contributed by atoms with Gasteiger partial charge in [0.05, 0.1) is 31.5 Å². The van der Waals surface area contributed by atoms with Crippen LogP contribution in [0.5, 0.6) is 17.2 Å². The summed E-state index contributed by atoms with van der Waals surface area (Å²) in [5, 5.41) is 8.00. The lowest BCUT2D eigenvalue weighted by molar-refractivity contribution is -0.225. The molecule has 1 aliphatic carbocycles. The van der Waals surface area contributed by atoms with Crippen LogP contribution in [0.3, 0.4) is 0 Å². The number of rotatable bonds is 11. The number of allylic oxidation sites excluding steroid dienone is 2. The number of nitrogens with zero attached hydrogens (tertiary/aromatic N) is 2. The lowest BCUT2D eigenvalue weighted by Crippen LogP contribution is -2.47. The first kappa shape index (κ1) is 29.5. The number of benzene rings is 2. The van der Waals surface area contributed by atoms with Crippen LogP contribution < -0.4 is 19.5 Å². The van der Waals surface area contributed by atoms with Gasteiger partial charge in [0.2, 0.25) is 11.5 Å². The number of carbonyl (C=O) groups is 1. The highest BCUT2D eigenvalue weighted by Gasteiger charge is 2.40. The van der Waals surface area contributed by atoms with Gasteiger partial charge in [-0.1, -0.05) is 28.1 Å². The van der Waals surface area contributed by atoms with Gasteiger partial charge in [-0.3, -0.25) is 10.1 Å². The van der Waals surface area contributed by atoms with E-state index in [1.165, 1.54) is 32.7 Å². The minimum Gasteiger partial charge on any atom is -0.493 e. The number of hydrogen-bond donors (Lipinski definition) is 1. The number of ether oxygens (including phenoxy) is 6. The maximum atomic E-state index is 12.8. The van der Waals surface area contributed by atoms with Crippen molar-refractivity contribution in [2.24, 2.45) is 0 Å². The molecule has 5 rings (SSSR count). The number of fused-ring (bicyclic) bond motifs is 1. The molecule has 0 aliphatic heterocycles. The van der Waals surface area contributed by atoms with Crippen molar-refractivity contribution in [3.05, 3.63) is 65.4 Å². The summed E-state index contributed by atoms with van der Waals surface area (Å²) >= 11 is 7.38. The molecule has 1 aliphatic rings. The molecule has 1 N–H and O–H groups in total. The largest absolute Gasteiger partial charge is 0.493 e. The second-order valence-corrected chi connectivity index (χ2v) is 10.5. The number of hydrogen-bond acceptors (Lipinski definition) is 11. The fourth-order valence-electron chi connectivity index (χ4n) is 4.47. The zero-order valence-electron chi connectivity index (χ0n) is 23.4. The van der Waals surface area contributed by atoms with Gasteiger partial charge in [0.25, 0.3) is 5.91 Å². The summed E-state index contributed by atoms with van der Waals surface area (Å²) in [7, 11) is 7.61. The number of halogens is 1. The Labute approximate surface area is 250 Å². The van der Waals surface area contributed by atoms with Crippen LogP contribution in [-0.4, -0.2) is 70.1 Å². The normalized spacial score (nSPS) is 15.9. The first-order valence-corrected chi connectivity index (χ1v) is 13.8. The monoisotopic (exact) mass is 613 g/mol. The van der Waals surface area contributed by atoms with Crippen molar-refractivity contribution in [1.82, 2.24) is 10.1 Å². The molecule has 0 fully saturated rings. The third kappa shape index (κ3) is 5.85. The van der Waals surface area contributed by atoms with Gasteiger partial charge in [-0.2, -0.15) is 0 Å². The van der Waals surface area contributed by atoms with Crippen molar-refractivity contribution in [3.63, 3.8) is 0 Å². The van der Waals surface area contributed by atoms with Crippen molar-refractivity contribution in [3.8, 4) is 28.5 Å². The van der Waals surface area contributed by atoms with Gasteiger partial charge < -0.3 is 32.9 Å². The number of methoxy groups -OCH3 is 5. The quantitative estimate of drug-likeness (QED) is 0.214. The number of nitrogens with one attached hydrogen (secondary N) is 1. The highest BCUT2D eigenvalue weighted by molar-refractivity contribution is 7.22. The highest BCUT2D eigenvalue weighted by Crippen LogP contribution is 2.41. The Kier molecular flexibility index (Phi) is 8.80. The Hall–Kier alpha value is -3.94. The summed E-state index contributed by atoms with van der Waals surface area (Å²) in [6, 6.07) is 10.7. The maximum Gasteiger partial charge on any atom is 0.252 e. The van der Waals surface area contributed by atoms with Crippen LogP contribution in [-0.2, 0) is 19.0 Å². The SMILES string of the molecule is COc1cc(-c2cc(C3=CC(OCC(=O)Nc4nc5cc(Cl)ccc5s4)C(OC)(OC)C=C3)on2)cc(OC)c1OC. The molecule has 1 atom stereocenters. The van der Waals surface area contributed by atoms with Gasteiger partial charge in [0.15, 0.2) is 22.4 Å². The summed E-state index contributed by atoms with van der Waals surface area (Å²) in [4.78, 5) is 17.2. The van der Waals surface area contributed by atoms with E-state index in [1.807, 2.05) is 6.07 Å². The maximum absolute atomic E-state index is 12.8. The Morgan fingerprint density at radius 3 is 2.45 bits per heavy atom. The summed E-state index contributed by atoms with van der Waals surface area (Å²) in [5.41, 5.74) is 2.59. The number of carbonyl (C=O) groups excluding carboxylic acids is 1. The topological polar surface area (TPSA) is 123 Å². The van der Waals surface area contributed by atoms with Crippen molar-refractivity contribution in [2.45, 2.75) is 11.9 Å². The summed E-state index contributed by atoms with van der Waals surface area (Å²) < 4.78 is 40.2. The molecule has 11 nitrogen and oxygen atoms in total. The fraction of sp³-hybridized carbons (Fsp3) is 0.276. The van der Waals surface area contributed by atoms with Crippen LogP contribution in [0.4, 0.5) is 5.13 Å². The van der Waals surface area contributed by atoms with E-state index in [1.54, 1.807) is 62.8 Å². The van der Waals surface area contributed by atoms with Gasteiger partial charge in [-0.25, -0.2) is 4.98 Å². The van der Waals surface area contributed by atoms with E-state index in [-0.39, 0.29) is 6.61 Å². The van der Waals surface area contributed by atoms with E-state index in [0.717, 1.165) is 4.70 Å². The predicted octanol–water partition coefficient (Wildman–Crippen LogP) is 5.60. The number of amides is 1. The second-order valence-electron chi connectivity index (χ2n) is 8.99. The predicted molar refractivity (Wildman–Crippen MR) is 158 cm³/mol. The molecular formula is C29H28ClN3O8S. The minimum absolute atomic E-state index is 0.291. The summed E-state index contributed by atoms with van der Waals surface area (Å²) in [6.45, 7) is -0.291. The first-order chi connectivity index (χ1) is 20.3. The van der Waals surface area contributed by atoms with Gasteiger partial charge >= 0.3 is 0 Å². The smallest absolute Gasteiger partial charge is 0.252 e. The van der Waals surface area contributed by atoms with E-state index in [9.17, 15) is 4.79 Å². The van der Waals surface area contributed by atoms with Crippen molar-refractivity contribution in [2.75, 3.05) is 47.5 Å². The van der Waals surface area contributed by atoms with E-state index in [0.29, 0.717) is 55.5 Å². The van der Waals surface area contributed by atoms with Crippen LogP contribution in [0.2, 0.25) is 5.02 Å². The zero-order valence-corrected chi connectivity index (χ0v) is 25.0. The molecule has 0 bridgehead atoms. The fourth-order valence-corrected chi connectivity index (χ4v) is 5.50. The molecule has 0 saturated carbocycles. The van der Waals surface area contributed by atoms with Crippen molar-refractivity contribution in [1.29, 1.82) is 0 Å². The molecule has 220 valence electrons. The zero-order chi connectivity index (χ0) is 29.9. The Bertz CT molecular complexity index is 1630. The Morgan fingerprint density at radius 2 is 1.79 bits per heavy atom. The standard InChI is InChI=1S/C29H28ClN3O8S/c1-35-22-10-17(11-23(36-2)27(22)37-3)19-14-21(41-33-19)16-8-9-29(38-4,39-5)25(12-16)40-15-26(34)32-28-31-20-13-18(30)6-7-24(20)42-28/h6-14,25H,15H2,1-5H3,(H,31,32,34). The minimum atomic E-state index is -1.27. The molecule has 0 radical (unpaired) electrons. The molecule has 42 heavy (non-hydrogen) atoms. The van der Waals surface area contributed by atoms with Gasteiger partial charge in [-0.05, 0) is 48.6 Å². The molecule has 4 aromatic rings. The summed E-state index contributed by atoms with van der Waals surface area (Å²) in [6.07, 6.45) is 4.42. The van der Waals surface area contributed by atoms with Gasteiger partial charge in [-0.15, -0.1) is 0 Å². The van der Waals surface area contributed by atoms with E-state index in [2.05, 4.69) is 15.5 Å². The molecule has 1 amide bonds. The molecule has 2 aromatic carbocycles. The average Bonchev–Trinajstić information content (AvgIpc) is 3.66. The van der Waals surface area contributed by atoms with Crippen LogP contribution in [0.25, 0.3) is 27.0 Å². The molecule has 13 heteroatoms. The Morgan fingerprint density at radius 1 is 1.05 bits per heavy atom. The molecule has 2 heterocycles. The third-order valence-electron chi connectivity index (χ3n) is 6.61. The molecule has 0 spiro atoms. The average molecular weight is 614 g/mol. The van der Waals surface area contributed by atoms with E-state index >= 15 is 0 Å². The molecule has 0 saturated heterocycles. The van der Waals surface area contributed by atoms with Crippen molar-refractivity contribution >= 4 is 49.8 Å². The number of anilines is 1. The molecule has 2 aromatic heterocycles. The van der Waals surface area contributed by atoms with Gasteiger partial charge in [0, 0.05) is 36.4 Å². The van der Waals surface area contributed by atoms with Crippen molar-refractivity contribution < 1.29 is 37.7 Å². The molecular weight excluding hydrogens is 586 g/mol. The first-order valence-electron chi connectivity index (χ1n) is 12.6. The van der Waals surface area contributed by atoms with Crippen LogP contribution >= 0.6 is 22.9 Å².